The number of amides is 1. The monoisotopic (exact) mass is 392 g/mol. The number of nitrogens with one attached hydrogen (secondary N) is 1. The molecular formula is C15H17N2NaO5S2. The number of nitrogens with zero attached hydrogens (tertiary/aromatic N) is 1. The summed E-state index contributed by atoms with van der Waals surface area (Å²) in [5.41, 5.74) is -1.26. The molecule has 7 nitrogen and oxygen atoms in total. The molecule has 3 N–H and O–H groups in total. The van der Waals surface area contributed by atoms with Crippen molar-refractivity contribution in [3.63, 3.8) is 0 Å². The first-order chi connectivity index (χ1) is 11.4. The number of carbonyl (C=O) groups is 3. The number of fused-ring (bicyclic) bond motifs is 1. The van der Waals surface area contributed by atoms with Crippen molar-refractivity contribution in [2.24, 2.45) is 5.41 Å². The molecule has 0 spiro atoms. The molecule has 0 radical (unpaired) electrons. The van der Waals surface area contributed by atoms with Gasteiger partial charge in [0.05, 0.1) is 16.6 Å². The average Bonchev–Trinajstić information content (AvgIpc) is 2.93. The van der Waals surface area contributed by atoms with Crippen LogP contribution in [0.2, 0.25) is 0 Å². The van der Waals surface area contributed by atoms with Gasteiger partial charge in [-0.3, -0.25) is 14.4 Å². The van der Waals surface area contributed by atoms with Gasteiger partial charge >= 0.3 is 41.5 Å². The van der Waals surface area contributed by atoms with Crippen molar-refractivity contribution in [1.82, 2.24) is 10.3 Å². The van der Waals surface area contributed by atoms with Crippen molar-refractivity contribution in [2.45, 2.75) is 17.7 Å². The number of carbonyl (C=O) groups excluding carboxylic acids is 1. The number of para-hydroxylation sites is 1. The topological polar surface area (TPSA) is 117 Å². The van der Waals surface area contributed by atoms with Gasteiger partial charge in [0.25, 0.3) is 0 Å². The van der Waals surface area contributed by atoms with E-state index in [9.17, 15) is 19.5 Å². The van der Waals surface area contributed by atoms with E-state index in [0.717, 1.165) is 22.0 Å². The van der Waals surface area contributed by atoms with E-state index in [1.807, 2.05) is 24.3 Å². The number of carboxylic acids is 2. The van der Waals surface area contributed by atoms with Crippen LogP contribution in [-0.2, 0) is 14.4 Å². The summed E-state index contributed by atoms with van der Waals surface area (Å²) in [6.07, 6.45) is -0.786. The number of rotatable bonds is 8. The average molecular weight is 392 g/mol. The Hall–Kier alpha value is -1.13. The van der Waals surface area contributed by atoms with E-state index in [1.165, 1.54) is 11.3 Å². The van der Waals surface area contributed by atoms with Gasteiger partial charge < -0.3 is 15.5 Å². The first-order valence-electron chi connectivity index (χ1n) is 7.11. The zero-order valence-electron chi connectivity index (χ0n) is 12.8. The summed E-state index contributed by atoms with van der Waals surface area (Å²) in [5.74, 6) is -3.80. The molecule has 1 amide bonds. The molecular weight excluding hydrogens is 375 g/mol. The van der Waals surface area contributed by atoms with Crippen molar-refractivity contribution < 1.29 is 24.6 Å². The van der Waals surface area contributed by atoms with Gasteiger partial charge in [-0.15, -0.1) is 11.3 Å². The number of benzene rings is 1. The molecule has 1 unspecified atom stereocenters. The molecule has 2 rings (SSSR count). The van der Waals surface area contributed by atoms with Gasteiger partial charge in [-0.05, 0) is 19.1 Å². The van der Waals surface area contributed by atoms with Crippen LogP contribution in [0.25, 0.3) is 10.2 Å². The molecule has 0 aliphatic rings. The molecule has 0 aliphatic carbocycles. The molecule has 0 saturated carbocycles. The van der Waals surface area contributed by atoms with Crippen molar-refractivity contribution >= 4 is 80.7 Å². The number of thioether (sulfide) groups is 1. The molecule has 1 aromatic heterocycles. The summed E-state index contributed by atoms with van der Waals surface area (Å²) in [5, 5.41) is 21.0. The van der Waals surface area contributed by atoms with Gasteiger partial charge in [-0.2, -0.15) is 0 Å². The van der Waals surface area contributed by atoms with Gasteiger partial charge in [0, 0.05) is 12.3 Å². The van der Waals surface area contributed by atoms with Crippen LogP contribution in [0.4, 0.5) is 0 Å². The Bertz CT molecular complexity index is 749. The zero-order chi connectivity index (χ0) is 17.7. The number of aliphatic carboxylic acids is 2. The van der Waals surface area contributed by atoms with Crippen LogP contribution in [0, 0.1) is 5.41 Å². The molecule has 0 bridgehead atoms. The van der Waals surface area contributed by atoms with E-state index in [0.29, 0.717) is 4.34 Å². The summed E-state index contributed by atoms with van der Waals surface area (Å²) < 4.78 is 1.54. The number of hydrogen-bond donors (Lipinski definition) is 3. The van der Waals surface area contributed by atoms with Crippen molar-refractivity contribution in [3.8, 4) is 0 Å². The molecule has 130 valence electrons. The van der Waals surface area contributed by atoms with Crippen LogP contribution in [-0.4, -0.2) is 74.9 Å². The Kier molecular flexibility index (Phi) is 8.36. The Morgan fingerprint density at radius 2 is 1.96 bits per heavy atom. The van der Waals surface area contributed by atoms with E-state index in [4.69, 9.17) is 5.11 Å². The second kappa shape index (κ2) is 9.54. The minimum atomic E-state index is -2.04. The minimum absolute atomic E-state index is 0. The molecule has 2 aromatic rings. The maximum atomic E-state index is 12.2. The van der Waals surface area contributed by atoms with Gasteiger partial charge in [0.15, 0.2) is 9.75 Å². The van der Waals surface area contributed by atoms with Gasteiger partial charge in [-0.25, -0.2) is 4.98 Å². The summed E-state index contributed by atoms with van der Waals surface area (Å²) in [6.45, 7) is 1.87. The molecule has 1 aromatic carbocycles. The number of aromatic nitrogens is 1. The summed E-state index contributed by atoms with van der Waals surface area (Å²) in [4.78, 5) is 39.4. The quantitative estimate of drug-likeness (QED) is 0.353. The van der Waals surface area contributed by atoms with Crippen LogP contribution in [0.1, 0.15) is 13.3 Å². The first kappa shape index (κ1) is 21.9. The maximum absolute atomic E-state index is 12.2. The van der Waals surface area contributed by atoms with Crippen LogP contribution < -0.4 is 5.32 Å². The second-order valence-electron chi connectivity index (χ2n) is 5.05. The van der Waals surface area contributed by atoms with E-state index in [-0.39, 0.29) is 41.9 Å². The van der Waals surface area contributed by atoms with Gasteiger partial charge in [0.2, 0.25) is 5.91 Å². The number of carboxylic acid groups (broad SMARTS) is 2. The Balaban J connectivity index is 0.00000312. The fourth-order valence-electron chi connectivity index (χ4n) is 2.12. The predicted molar refractivity (Wildman–Crippen MR) is 98.5 cm³/mol. The van der Waals surface area contributed by atoms with Crippen LogP contribution in [0.15, 0.2) is 28.6 Å². The number of hydrogen-bond acceptors (Lipinski definition) is 6. The van der Waals surface area contributed by atoms with Gasteiger partial charge in [-0.1, -0.05) is 23.9 Å². The second-order valence-corrected chi connectivity index (χ2v) is 7.31. The fraction of sp³-hybridized carbons (Fsp3) is 0.333. The standard InChI is InChI=1S/C15H16N2O5S2.Na.H/c1-2-16-12(20)15(13(21)22,7-11(18)19)8-23-14-17-9-5-3-4-6-10(9)24-14;;/h3-6H,2,7-8H2,1H3,(H,16,20)(H,18,19)(H,21,22);;. The third kappa shape index (κ3) is 5.18. The third-order valence-corrected chi connectivity index (χ3v) is 5.76. The molecule has 10 heteroatoms. The summed E-state index contributed by atoms with van der Waals surface area (Å²) in [7, 11) is 0. The van der Waals surface area contributed by atoms with E-state index in [2.05, 4.69) is 10.3 Å². The third-order valence-electron chi connectivity index (χ3n) is 3.35. The SMILES string of the molecule is CCNC(=O)C(CSc1nc2ccccc2s1)(CC(=O)O)C(=O)O.[NaH]. The summed E-state index contributed by atoms with van der Waals surface area (Å²) >= 11 is 2.45. The van der Waals surface area contributed by atoms with E-state index >= 15 is 0 Å². The van der Waals surface area contributed by atoms with Crippen LogP contribution in [0.5, 0.6) is 0 Å². The predicted octanol–water partition coefficient (Wildman–Crippen LogP) is 1.42. The van der Waals surface area contributed by atoms with Crippen LogP contribution >= 0.6 is 23.1 Å². The van der Waals surface area contributed by atoms with Crippen molar-refractivity contribution in [2.75, 3.05) is 12.3 Å². The van der Waals surface area contributed by atoms with Gasteiger partial charge in [0.1, 0.15) is 0 Å². The molecule has 0 saturated heterocycles. The molecule has 1 heterocycles. The molecule has 0 fully saturated rings. The fourth-order valence-corrected chi connectivity index (χ4v) is 4.39. The van der Waals surface area contributed by atoms with E-state index in [1.54, 1.807) is 6.92 Å². The van der Waals surface area contributed by atoms with Crippen LogP contribution in [0.3, 0.4) is 0 Å². The Morgan fingerprint density at radius 3 is 2.52 bits per heavy atom. The van der Waals surface area contributed by atoms with Crippen molar-refractivity contribution in [3.05, 3.63) is 24.3 Å². The Labute approximate surface area is 174 Å². The Morgan fingerprint density at radius 1 is 1.28 bits per heavy atom. The zero-order valence-corrected chi connectivity index (χ0v) is 14.4. The molecule has 0 aliphatic heterocycles. The van der Waals surface area contributed by atoms with Crippen molar-refractivity contribution in [1.29, 1.82) is 0 Å². The number of thiazole rings is 1. The van der Waals surface area contributed by atoms with E-state index < -0.39 is 29.7 Å². The first-order valence-corrected chi connectivity index (χ1v) is 8.91. The normalized spacial score (nSPS) is 12.8. The molecule has 25 heavy (non-hydrogen) atoms. The summed E-state index contributed by atoms with van der Waals surface area (Å²) in [6, 6.07) is 7.44. The molecule has 1 atom stereocenters.